The van der Waals surface area contributed by atoms with Crippen molar-refractivity contribution in [3.05, 3.63) is 132 Å². The Hall–Kier alpha value is -5.08. The summed E-state index contributed by atoms with van der Waals surface area (Å²) in [7, 11) is 0. The maximum Gasteiger partial charge on any atom is 0.0620 e. The Morgan fingerprint density at radius 3 is 2.10 bits per heavy atom. The maximum absolute atomic E-state index is 2.54. The third kappa shape index (κ3) is 2.46. The van der Waals surface area contributed by atoms with Crippen molar-refractivity contribution in [2.24, 2.45) is 0 Å². The Kier molecular flexibility index (Phi) is 3.79. The van der Waals surface area contributed by atoms with Crippen LogP contribution in [0.2, 0.25) is 0 Å². The molecule has 0 amide bonds. The van der Waals surface area contributed by atoms with E-state index in [-0.39, 0.29) is 5.41 Å². The van der Waals surface area contributed by atoms with Gasteiger partial charge in [-0.3, -0.25) is 0 Å². The zero-order valence-electron chi connectivity index (χ0n) is 22.9. The topological polar surface area (TPSA) is 9.34 Å². The standard InChI is InChI=1S/C39H26N2/c1-39(2)30-17-8-6-14-26(30)36-31(39)19-20-33-37(36)27-16-10-15-25-29-22-34-28(21-35(29)41(33)38(25)27)24-13-7-9-18-32(24)40(34)23-11-4-3-5-12-23/h3-22H,1-2H3. The van der Waals surface area contributed by atoms with Crippen molar-refractivity contribution in [3.8, 4) is 16.8 Å². The van der Waals surface area contributed by atoms with Crippen LogP contribution in [0.25, 0.3) is 76.7 Å². The molecule has 0 atom stereocenters. The van der Waals surface area contributed by atoms with Crippen LogP contribution in [0.3, 0.4) is 0 Å². The predicted molar refractivity (Wildman–Crippen MR) is 173 cm³/mol. The number of aromatic nitrogens is 2. The van der Waals surface area contributed by atoms with Crippen LogP contribution in [0.1, 0.15) is 25.0 Å². The fourth-order valence-corrected chi connectivity index (χ4v) is 8.08. The molecule has 1 aliphatic carbocycles. The molecule has 2 heteroatoms. The van der Waals surface area contributed by atoms with Gasteiger partial charge in [-0.05, 0) is 58.7 Å². The molecule has 0 saturated heterocycles. The van der Waals surface area contributed by atoms with Crippen molar-refractivity contribution in [2.75, 3.05) is 0 Å². The highest BCUT2D eigenvalue weighted by atomic mass is 15.0. The molecule has 41 heavy (non-hydrogen) atoms. The van der Waals surface area contributed by atoms with Crippen LogP contribution in [-0.4, -0.2) is 8.97 Å². The van der Waals surface area contributed by atoms with Gasteiger partial charge in [-0.1, -0.05) is 98.8 Å². The van der Waals surface area contributed by atoms with E-state index < -0.39 is 0 Å². The van der Waals surface area contributed by atoms with E-state index >= 15 is 0 Å². The Morgan fingerprint density at radius 1 is 0.488 bits per heavy atom. The van der Waals surface area contributed by atoms with Gasteiger partial charge < -0.3 is 8.97 Å². The van der Waals surface area contributed by atoms with E-state index in [1.54, 1.807) is 0 Å². The molecule has 192 valence electrons. The molecule has 0 bridgehead atoms. The summed E-state index contributed by atoms with van der Waals surface area (Å²) in [5, 5.41) is 7.93. The molecule has 0 saturated carbocycles. The van der Waals surface area contributed by atoms with E-state index in [1.807, 2.05) is 0 Å². The molecule has 0 unspecified atom stereocenters. The summed E-state index contributed by atoms with van der Waals surface area (Å²) in [5.41, 5.74) is 13.2. The monoisotopic (exact) mass is 522 g/mol. The molecule has 0 spiro atoms. The SMILES string of the molecule is CC1(C)c2ccccc2-c2c1ccc1c2c2cccc3c4cc5c(cc4n1c32)c1ccccc1n5-c1ccccc1. The molecule has 6 aromatic carbocycles. The van der Waals surface area contributed by atoms with Crippen molar-refractivity contribution in [1.82, 2.24) is 8.97 Å². The van der Waals surface area contributed by atoms with Gasteiger partial charge >= 0.3 is 0 Å². The van der Waals surface area contributed by atoms with E-state index in [9.17, 15) is 0 Å². The third-order valence-electron chi connectivity index (χ3n) is 9.83. The predicted octanol–water partition coefficient (Wildman–Crippen LogP) is 10.2. The van der Waals surface area contributed by atoms with Crippen molar-refractivity contribution < 1.29 is 0 Å². The number of rotatable bonds is 1. The summed E-state index contributed by atoms with van der Waals surface area (Å²) in [6, 6.07) is 45.1. The highest BCUT2D eigenvalue weighted by Crippen LogP contribution is 2.54. The molecule has 0 aliphatic heterocycles. The van der Waals surface area contributed by atoms with Crippen LogP contribution in [0.5, 0.6) is 0 Å². The Morgan fingerprint density at radius 2 is 1.20 bits per heavy atom. The van der Waals surface area contributed by atoms with Crippen molar-refractivity contribution in [1.29, 1.82) is 0 Å². The summed E-state index contributed by atoms with van der Waals surface area (Å²) >= 11 is 0. The third-order valence-corrected chi connectivity index (χ3v) is 9.83. The van der Waals surface area contributed by atoms with E-state index in [0.29, 0.717) is 0 Å². The average Bonchev–Trinajstić information content (AvgIpc) is 3.70. The van der Waals surface area contributed by atoms with Gasteiger partial charge in [0.1, 0.15) is 0 Å². The Labute approximate surface area is 237 Å². The van der Waals surface area contributed by atoms with Gasteiger partial charge in [0.15, 0.2) is 0 Å². The smallest absolute Gasteiger partial charge is 0.0620 e. The zero-order chi connectivity index (χ0) is 27.0. The van der Waals surface area contributed by atoms with Crippen molar-refractivity contribution >= 4 is 59.9 Å². The summed E-state index contributed by atoms with van der Waals surface area (Å²) in [4.78, 5) is 0. The van der Waals surface area contributed by atoms with Gasteiger partial charge in [0, 0.05) is 43.4 Å². The van der Waals surface area contributed by atoms with E-state index in [4.69, 9.17) is 0 Å². The fourth-order valence-electron chi connectivity index (χ4n) is 8.08. The molecule has 0 N–H and O–H groups in total. The second-order valence-corrected chi connectivity index (χ2v) is 12.2. The molecule has 0 radical (unpaired) electrons. The van der Waals surface area contributed by atoms with Gasteiger partial charge in [-0.25, -0.2) is 0 Å². The second-order valence-electron chi connectivity index (χ2n) is 12.2. The quantitative estimate of drug-likeness (QED) is 0.203. The molecule has 3 heterocycles. The molecule has 2 nitrogen and oxygen atoms in total. The number of benzene rings is 6. The molecule has 3 aromatic heterocycles. The second kappa shape index (κ2) is 7.16. The number of para-hydroxylation sites is 3. The van der Waals surface area contributed by atoms with Gasteiger partial charge in [0.25, 0.3) is 0 Å². The summed E-state index contributed by atoms with van der Waals surface area (Å²) in [5.74, 6) is 0. The number of nitrogens with zero attached hydrogens (tertiary/aromatic N) is 2. The summed E-state index contributed by atoms with van der Waals surface area (Å²) in [6.07, 6.45) is 0. The molecule has 10 rings (SSSR count). The van der Waals surface area contributed by atoms with Crippen LogP contribution in [0, 0.1) is 0 Å². The van der Waals surface area contributed by atoms with Crippen LogP contribution < -0.4 is 0 Å². The highest BCUT2D eigenvalue weighted by molar-refractivity contribution is 6.28. The van der Waals surface area contributed by atoms with E-state index in [1.165, 1.54) is 87.8 Å². The molecule has 1 aliphatic rings. The average molecular weight is 523 g/mol. The number of hydrogen-bond acceptors (Lipinski definition) is 0. The van der Waals surface area contributed by atoms with Crippen molar-refractivity contribution in [3.63, 3.8) is 0 Å². The first-order valence-electron chi connectivity index (χ1n) is 14.5. The fraction of sp³-hybridized carbons (Fsp3) is 0.0769. The highest BCUT2D eigenvalue weighted by Gasteiger charge is 2.37. The van der Waals surface area contributed by atoms with E-state index in [2.05, 4.69) is 144 Å². The van der Waals surface area contributed by atoms with Gasteiger partial charge in [0.05, 0.1) is 27.6 Å². The first kappa shape index (κ1) is 21.7. The lowest BCUT2D eigenvalue weighted by Gasteiger charge is -2.21. The van der Waals surface area contributed by atoms with Crippen LogP contribution in [0.4, 0.5) is 0 Å². The largest absolute Gasteiger partial charge is 0.309 e. The van der Waals surface area contributed by atoms with Gasteiger partial charge in [-0.15, -0.1) is 0 Å². The lowest BCUT2D eigenvalue weighted by atomic mass is 9.82. The van der Waals surface area contributed by atoms with Crippen LogP contribution in [-0.2, 0) is 5.41 Å². The summed E-state index contributed by atoms with van der Waals surface area (Å²) in [6.45, 7) is 4.74. The number of hydrogen-bond donors (Lipinski definition) is 0. The van der Waals surface area contributed by atoms with Gasteiger partial charge in [-0.2, -0.15) is 0 Å². The van der Waals surface area contributed by atoms with Gasteiger partial charge in [0.2, 0.25) is 0 Å². The minimum Gasteiger partial charge on any atom is -0.309 e. The molecule has 9 aromatic rings. The first-order chi connectivity index (χ1) is 20.1. The lowest BCUT2D eigenvalue weighted by Crippen LogP contribution is -2.14. The van der Waals surface area contributed by atoms with Crippen molar-refractivity contribution in [2.45, 2.75) is 19.3 Å². The molecular formula is C39H26N2. The Bertz CT molecular complexity index is 2540. The lowest BCUT2D eigenvalue weighted by molar-refractivity contribution is 0.661. The van der Waals surface area contributed by atoms with Crippen LogP contribution >= 0.6 is 0 Å². The molecular weight excluding hydrogens is 496 g/mol. The minimum absolute atomic E-state index is 0.0143. The first-order valence-corrected chi connectivity index (χ1v) is 14.5. The zero-order valence-corrected chi connectivity index (χ0v) is 22.9. The maximum atomic E-state index is 2.54. The summed E-state index contributed by atoms with van der Waals surface area (Å²) < 4.78 is 4.96. The van der Waals surface area contributed by atoms with Crippen LogP contribution in [0.15, 0.2) is 121 Å². The Balaban J connectivity index is 1.41. The van der Waals surface area contributed by atoms with E-state index in [0.717, 1.165) is 0 Å². The normalized spacial score (nSPS) is 14.3. The molecule has 0 fully saturated rings. The number of fused-ring (bicyclic) bond motifs is 13. The minimum atomic E-state index is -0.0143.